The van der Waals surface area contributed by atoms with Crippen molar-refractivity contribution >= 4 is 29.2 Å². The third-order valence-electron chi connectivity index (χ3n) is 5.89. The number of ether oxygens (including phenoxy) is 4. The van der Waals surface area contributed by atoms with Crippen LogP contribution in [0.3, 0.4) is 0 Å². The molecule has 2 aromatic rings. The van der Waals surface area contributed by atoms with Crippen molar-refractivity contribution in [3.8, 4) is 17.6 Å². The zero-order valence-corrected chi connectivity index (χ0v) is 21.9. The summed E-state index contributed by atoms with van der Waals surface area (Å²) in [7, 11) is 3.09. The van der Waals surface area contributed by atoms with Crippen LogP contribution in [-0.2, 0) is 19.1 Å². The van der Waals surface area contributed by atoms with E-state index < -0.39 is 23.6 Å². The first kappa shape index (κ1) is 27.3. The van der Waals surface area contributed by atoms with Gasteiger partial charge in [-0.1, -0.05) is 37.6 Å². The second-order valence-corrected chi connectivity index (χ2v) is 9.79. The standard InChI is InChI=1S/C27H31ClN2O6/c1-17(31)35-16-27(2,3)15-30-21-12-11-18(28)14-20(21)24(36-23(26(30)32)10-7-13-29)19-8-6-9-22(33-4)25(19)34-5/h6,8-9,11-12,14,23-24H,7,10,15-16H2,1-5H3/t23-,24-/m1/s1. The van der Waals surface area contributed by atoms with Crippen LogP contribution in [0.25, 0.3) is 0 Å². The van der Waals surface area contributed by atoms with Gasteiger partial charge >= 0.3 is 5.97 Å². The Morgan fingerprint density at radius 3 is 2.58 bits per heavy atom. The van der Waals surface area contributed by atoms with Gasteiger partial charge in [0, 0.05) is 47.1 Å². The van der Waals surface area contributed by atoms with Crippen molar-refractivity contribution in [1.82, 2.24) is 0 Å². The first-order valence-corrected chi connectivity index (χ1v) is 12.0. The highest BCUT2D eigenvalue weighted by atomic mass is 35.5. The van der Waals surface area contributed by atoms with Gasteiger partial charge in [-0.2, -0.15) is 5.26 Å². The van der Waals surface area contributed by atoms with E-state index in [4.69, 9.17) is 30.5 Å². The van der Waals surface area contributed by atoms with E-state index >= 15 is 0 Å². The molecule has 1 aliphatic rings. The van der Waals surface area contributed by atoms with Gasteiger partial charge in [0.2, 0.25) is 0 Å². The molecule has 1 aliphatic heterocycles. The molecule has 2 aromatic carbocycles. The van der Waals surface area contributed by atoms with Gasteiger partial charge in [-0.3, -0.25) is 9.59 Å². The molecule has 3 rings (SSSR count). The second kappa shape index (κ2) is 11.6. The molecule has 36 heavy (non-hydrogen) atoms. The van der Waals surface area contributed by atoms with E-state index in [0.29, 0.717) is 33.3 Å². The molecular formula is C27H31ClN2O6. The van der Waals surface area contributed by atoms with E-state index in [1.807, 2.05) is 26.0 Å². The minimum Gasteiger partial charge on any atom is -0.493 e. The predicted octanol–water partition coefficient (Wildman–Crippen LogP) is 5.07. The van der Waals surface area contributed by atoms with E-state index in [2.05, 4.69) is 6.07 Å². The lowest BCUT2D eigenvalue weighted by molar-refractivity contribution is -0.143. The number of rotatable bonds is 9. The molecule has 1 amide bonds. The Bertz CT molecular complexity index is 1160. The largest absolute Gasteiger partial charge is 0.493 e. The first-order valence-electron chi connectivity index (χ1n) is 11.6. The third-order valence-corrected chi connectivity index (χ3v) is 6.13. The summed E-state index contributed by atoms with van der Waals surface area (Å²) in [6, 6.07) is 12.8. The number of methoxy groups -OCH3 is 2. The van der Waals surface area contributed by atoms with Gasteiger partial charge in [-0.15, -0.1) is 0 Å². The molecule has 192 valence electrons. The number of esters is 1. The van der Waals surface area contributed by atoms with Crippen LogP contribution in [0.2, 0.25) is 5.02 Å². The summed E-state index contributed by atoms with van der Waals surface area (Å²) in [6.45, 7) is 5.56. The number of fused-ring (bicyclic) bond motifs is 1. The number of halogens is 1. The lowest BCUT2D eigenvalue weighted by Crippen LogP contribution is -2.45. The quantitative estimate of drug-likeness (QED) is 0.431. The Kier molecular flexibility index (Phi) is 8.83. The van der Waals surface area contributed by atoms with Crippen molar-refractivity contribution in [3.63, 3.8) is 0 Å². The Morgan fingerprint density at radius 2 is 1.94 bits per heavy atom. The summed E-state index contributed by atoms with van der Waals surface area (Å²) < 4.78 is 22.9. The topological polar surface area (TPSA) is 98.1 Å². The molecule has 0 saturated heterocycles. The maximum Gasteiger partial charge on any atom is 0.302 e. The number of hydrogen-bond donors (Lipinski definition) is 0. The minimum atomic E-state index is -0.902. The molecule has 0 spiro atoms. The fraction of sp³-hybridized carbons (Fsp3) is 0.444. The van der Waals surface area contributed by atoms with Gasteiger partial charge < -0.3 is 23.8 Å². The molecule has 0 radical (unpaired) electrons. The molecule has 0 unspecified atom stereocenters. The Labute approximate surface area is 216 Å². The highest BCUT2D eigenvalue weighted by Crippen LogP contribution is 2.45. The molecule has 2 atom stereocenters. The Hall–Kier alpha value is -3.28. The number of amides is 1. The van der Waals surface area contributed by atoms with Crippen LogP contribution in [0.4, 0.5) is 5.69 Å². The summed E-state index contributed by atoms with van der Waals surface area (Å²) >= 11 is 6.42. The van der Waals surface area contributed by atoms with E-state index in [0.717, 1.165) is 0 Å². The van der Waals surface area contributed by atoms with Gasteiger partial charge in [-0.05, 0) is 30.7 Å². The normalized spacial score (nSPS) is 17.6. The Balaban J connectivity index is 2.18. The van der Waals surface area contributed by atoms with Gasteiger partial charge in [0.25, 0.3) is 5.91 Å². The first-order chi connectivity index (χ1) is 17.1. The summed E-state index contributed by atoms with van der Waals surface area (Å²) in [5.41, 5.74) is 1.39. The monoisotopic (exact) mass is 514 g/mol. The molecule has 0 aromatic heterocycles. The van der Waals surface area contributed by atoms with Crippen molar-refractivity contribution in [2.45, 2.75) is 45.8 Å². The summed E-state index contributed by atoms with van der Waals surface area (Å²) in [5, 5.41) is 9.72. The summed E-state index contributed by atoms with van der Waals surface area (Å²) in [6.07, 6.45) is -1.28. The molecule has 0 bridgehead atoms. The van der Waals surface area contributed by atoms with Crippen molar-refractivity contribution in [1.29, 1.82) is 5.26 Å². The van der Waals surface area contributed by atoms with Crippen LogP contribution >= 0.6 is 11.6 Å². The molecular weight excluding hydrogens is 484 g/mol. The van der Waals surface area contributed by atoms with Crippen LogP contribution in [0.15, 0.2) is 36.4 Å². The number of nitriles is 1. The molecule has 0 saturated carbocycles. The van der Waals surface area contributed by atoms with E-state index in [1.54, 1.807) is 43.4 Å². The number of carbonyl (C=O) groups excluding carboxylic acids is 2. The number of nitrogens with zero attached hydrogens (tertiary/aromatic N) is 2. The van der Waals surface area contributed by atoms with E-state index in [9.17, 15) is 14.9 Å². The van der Waals surface area contributed by atoms with Crippen LogP contribution < -0.4 is 14.4 Å². The highest BCUT2D eigenvalue weighted by Gasteiger charge is 2.40. The number of benzene rings is 2. The fourth-order valence-electron chi connectivity index (χ4n) is 4.25. The van der Waals surface area contributed by atoms with E-state index in [1.165, 1.54) is 6.92 Å². The van der Waals surface area contributed by atoms with Crippen molar-refractivity contribution in [2.75, 3.05) is 32.3 Å². The number of anilines is 1. The zero-order valence-electron chi connectivity index (χ0n) is 21.2. The molecule has 1 heterocycles. The minimum absolute atomic E-state index is 0.131. The van der Waals surface area contributed by atoms with Gasteiger partial charge in [0.1, 0.15) is 12.2 Å². The summed E-state index contributed by atoms with van der Waals surface area (Å²) in [4.78, 5) is 26.9. The lowest BCUT2D eigenvalue weighted by atomic mass is 9.92. The maximum absolute atomic E-state index is 13.9. The van der Waals surface area contributed by atoms with Gasteiger partial charge in [0.05, 0.1) is 26.9 Å². The lowest BCUT2D eigenvalue weighted by Gasteiger charge is -2.33. The predicted molar refractivity (Wildman–Crippen MR) is 135 cm³/mol. The van der Waals surface area contributed by atoms with Crippen LogP contribution in [-0.4, -0.2) is 45.4 Å². The van der Waals surface area contributed by atoms with Crippen molar-refractivity contribution in [2.24, 2.45) is 5.41 Å². The second-order valence-electron chi connectivity index (χ2n) is 9.36. The van der Waals surface area contributed by atoms with Crippen LogP contribution in [0, 0.1) is 16.7 Å². The molecule has 0 fully saturated rings. The fourth-order valence-corrected chi connectivity index (χ4v) is 4.43. The number of para-hydroxylation sites is 1. The van der Waals surface area contributed by atoms with Gasteiger partial charge in [0.15, 0.2) is 11.5 Å². The zero-order chi connectivity index (χ0) is 26.5. The van der Waals surface area contributed by atoms with Gasteiger partial charge in [-0.25, -0.2) is 0 Å². The van der Waals surface area contributed by atoms with Crippen molar-refractivity contribution < 1.29 is 28.5 Å². The molecule has 8 nitrogen and oxygen atoms in total. The summed E-state index contributed by atoms with van der Waals surface area (Å²) in [5.74, 6) is 0.323. The Morgan fingerprint density at radius 1 is 1.19 bits per heavy atom. The smallest absolute Gasteiger partial charge is 0.302 e. The maximum atomic E-state index is 13.9. The average molecular weight is 515 g/mol. The molecule has 0 N–H and O–H groups in total. The van der Waals surface area contributed by atoms with Crippen LogP contribution in [0.1, 0.15) is 50.8 Å². The van der Waals surface area contributed by atoms with Crippen molar-refractivity contribution in [3.05, 3.63) is 52.5 Å². The van der Waals surface area contributed by atoms with E-state index in [-0.39, 0.29) is 31.9 Å². The number of carbonyl (C=O) groups is 2. The third kappa shape index (κ3) is 6.10. The van der Waals surface area contributed by atoms with Crippen LogP contribution in [0.5, 0.6) is 11.5 Å². The number of hydrogen-bond acceptors (Lipinski definition) is 7. The molecule has 0 aliphatic carbocycles. The SMILES string of the molecule is COc1cccc([C@H]2O[C@H](CCC#N)C(=O)N(CC(C)(C)COC(C)=O)c3ccc(Cl)cc32)c1OC. The molecule has 9 heteroatoms. The average Bonchev–Trinajstić information content (AvgIpc) is 2.95. The highest BCUT2D eigenvalue weighted by molar-refractivity contribution is 6.30.